The zero-order valence-electron chi connectivity index (χ0n) is 14.6. The Bertz CT molecular complexity index is 725. The molecule has 0 spiro atoms. The minimum absolute atomic E-state index is 0.383. The average Bonchev–Trinajstić information content (AvgIpc) is 2.73. The van der Waals surface area contributed by atoms with Crippen molar-refractivity contribution in [2.45, 2.75) is 52.2 Å². The van der Waals surface area contributed by atoms with E-state index in [9.17, 15) is 0 Å². The van der Waals surface area contributed by atoms with Gasteiger partial charge in [-0.25, -0.2) is 9.97 Å². The van der Waals surface area contributed by atoms with Crippen molar-refractivity contribution in [3.63, 3.8) is 0 Å². The molecule has 1 aromatic carbocycles. The van der Waals surface area contributed by atoms with E-state index in [1.807, 2.05) is 33.8 Å². The Kier molecular flexibility index (Phi) is 3.85. The first-order valence-electron chi connectivity index (χ1n) is 7.96. The lowest BCUT2D eigenvalue weighted by Crippen LogP contribution is -2.41. The van der Waals surface area contributed by atoms with Gasteiger partial charge in [0.25, 0.3) is 0 Å². The Morgan fingerprint density at radius 2 is 1.78 bits per heavy atom. The van der Waals surface area contributed by atoms with Crippen LogP contribution in [0.2, 0.25) is 0 Å². The molecule has 1 aromatic heterocycles. The van der Waals surface area contributed by atoms with Gasteiger partial charge < -0.3 is 14.0 Å². The molecule has 3 rings (SSSR count). The second-order valence-electron chi connectivity index (χ2n) is 6.91. The van der Waals surface area contributed by atoms with E-state index in [2.05, 4.69) is 23.0 Å². The summed E-state index contributed by atoms with van der Waals surface area (Å²) in [5, 5.41) is 0. The standard InChI is InChI=1S/C17H23BN2O3/c1-7-11-8-12(18-22-16(2,3)17(4,5)23-18)15-13(9-11)20-14(21-6)10-19-15/h8-10H,7H2,1-6H3. The maximum absolute atomic E-state index is 6.19. The molecule has 0 atom stereocenters. The normalized spacial score (nSPS) is 19.3. The third kappa shape index (κ3) is 2.70. The first-order valence-corrected chi connectivity index (χ1v) is 7.96. The average molecular weight is 314 g/mol. The molecule has 0 N–H and O–H groups in total. The lowest BCUT2D eigenvalue weighted by Gasteiger charge is -2.32. The van der Waals surface area contributed by atoms with Crippen LogP contribution >= 0.6 is 0 Å². The molecular formula is C17H23BN2O3. The summed E-state index contributed by atoms with van der Waals surface area (Å²) in [6, 6.07) is 4.14. The van der Waals surface area contributed by atoms with Gasteiger partial charge in [-0.3, -0.25) is 0 Å². The molecule has 1 aliphatic heterocycles. The molecule has 5 nitrogen and oxygen atoms in total. The first-order chi connectivity index (χ1) is 10.8. The zero-order valence-corrected chi connectivity index (χ0v) is 14.6. The van der Waals surface area contributed by atoms with Crippen molar-refractivity contribution in [1.29, 1.82) is 0 Å². The third-order valence-corrected chi connectivity index (χ3v) is 4.84. The van der Waals surface area contributed by atoms with Crippen LogP contribution in [0.4, 0.5) is 0 Å². The monoisotopic (exact) mass is 314 g/mol. The van der Waals surface area contributed by atoms with Crippen molar-refractivity contribution in [3.05, 3.63) is 23.9 Å². The predicted molar refractivity (Wildman–Crippen MR) is 91.2 cm³/mol. The van der Waals surface area contributed by atoms with E-state index >= 15 is 0 Å². The van der Waals surface area contributed by atoms with Crippen molar-refractivity contribution in [1.82, 2.24) is 9.97 Å². The Labute approximate surface area is 137 Å². The number of rotatable bonds is 3. The van der Waals surface area contributed by atoms with E-state index in [0.29, 0.717) is 5.88 Å². The number of hydrogen-bond acceptors (Lipinski definition) is 5. The summed E-state index contributed by atoms with van der Waals surface area (Å²) in [5.41, 5.74) is 2.92. The molecule has 0 amide bonds. The Balaban J connectivity index is 2.14. The fourth-order valence-electron chi connectivity index (χ4n) is 2.65. The lowest BCUT2D eigenvalue weighted by atomic mass is 9.77. The number of ether oxygens (including phenoxy) is 1. The lowest BCUT2D eigenvalue weighted by molar-refractivity contribution is 0.00578. The molecule has 1 saturated heterocycles. The molecule has 0 aliphatic carbocycles. The highest BCUT2D eigenvalue weighted by Gasteiger charge is 2.52. The number of fused-ring (bicyclic) bond motifs is 1. The van der Waals surface area contributed by atoms with E-state index in [4.69, 9.17) is 14.0 Å². The van der Waals surface area contributed by atoms with Gasteiger partial charge in [0, 0.05) is 5.46 Å². The van der Waals surface area contributed by atoms with Gasteiger partial charge in [0.15, 0.2) is 0 Å². The van der Waals surface area contributed by atoms with Gasteiger partial charge >= 0.3 is 7.12 Å². The molecule has 0 unspecified atom stereocenters. The van der Waals surface area contributed by atoms with Crippen molar-refractivity contribution in [2.24, 2.45) is 0 Å². The van der Waals surface area contributed by atoms with Crippen LogP contribution < -0.4 is 10.2 Å². The Morgan fingerprint density at radius 3 is 2.35 bits per heavy atom. The van der Waals surface area contributed by atoms with Crippen LogP contribution in [-0.4, -0.2) is 35.4 Å². The van der Waals surface area contributed by atoms with Crippen LogP contribution in [0.3, 0.4) is 0 Å². The number of nitrogens with zero attached hydrogens (tertiary/aromatic N) is 2. The maximum atomic E-state index is 6.19. The summed E-state index contributed by atoms with van der Waals surface area (Å²) < 4.78 is 17.6. The van der Waals surface area contributed by atoms with Crippen molar-refractivity contribution in [2.75, 3.05) is 7.11 Å². The minimum Gasteiger partial charge on any atom is -0.480 e. The Hall–Kier alpha value is -1.66. The first kappa shape index (κ1) is 16.2. The van der Waals surface area contributed by atoms with E-state index in [-0.39, 0.29) is 11.2 Å². The smallest absolute Gasteiger partial charge is 0.480 e. The largest absolute Gasteiger partial charge is 0.497 e. The molecule has 1 fully saturated rings. The quantitative estimate of drug-likeness (QED) is 0.815. The highest BCUT2D eigenvalue weighted by Crippen LogP contribution is 2.37. The fourth-order valence-corrected chi connectivity index (χ4v) is 2.65. The third-order valence-electron chi connectivity index (χ3n) is 4.84. The molecule has 2 aromatic rings. The number of hydrogen-bond donors (Lipinski definition) is 0. The molecule has 0 bridgehead atoms. The van der Waals surface area contributed by atoms with E-state index in [1.165, 1.54) is 5.56 Å². The van der Waals surface area contributed by atoms with Gasteiger partial charge in [-0.1, -0.05) is 13.0 Å². The SMILES string of the molecule is CCc1cc(B2OC(C)(C)C(C)(C)O2)c2ncc(OC)nc2c1. The van der Waals surface area contributed by atoms with Gasteiger partial charge in [0.1, 0.15) is 0 Å². The van der Waals surface area contributed by atoms with Gasteiger partial charge in [-0.15, -0.1) is 0 Å². The highest BCUT2D eigenvalue weighted by molar-refractivity contribution is 6.64. The van der Waals surface area contributed by atoms with Gasteiger partial charge in [0.05, 0.1) is 35.5 Å². The van der Waals surface area contributed by atoms with Crippen molar-refractivity contribution >= 4 is 23.6 Å². The van der Waals surface area contributed by atoms with Crippen LogP contribution in [-0.2, 0) is 15.7 Å². The van der Waals surface area contributed by atoms with Crippen molar-refractivity contribution in [3.8, 4) is 5.88 Å². The number of methoxy groups -OCH3 is 1. The molecule has 23 heavy (non-hydrogen) atoms. The second kappa shape index (κ2) is 5.46. The number of aryl methyl sites for hydroxylation is 1. The molecular weight excluding hydrogens is 291 g/mol. The van der Waals surface area contributed by atoms with Crippen molar-refractivity contribution < 1.29 is 14.0 Å². The van der Waals surface area contributed by atoms with Crippen LogP contribution in [0.15, 0.2) is 18.3 Å². The summed E-state index contributed by atoms with van der Waals surface area (Å²) in [4.78, 5) is 9.03. The van der Waals surface area contributed by atoms with Gasteiger partial charge in [0.2, 0.25) is 5.88 Å². The fraction of sp³-hybridized carbons (Fsp3) is 0.529. The molecule has 0 radical (unpaired) electrons. The minimum atomic E-state index is -0.448. The summed E-state index contributed by atoms with van der Waals surface area (Å²) in [6.45, 7) is 10.3. The summed E-state index contributed by atoms with van der Waals surface area (Å²) in [5.74, 6) is 0.505. The summed E-state index contributed by atoms with van der Waals surface area (Å²) in [6.07, 6.45) is 2.53. The van der Waals surface area contributed by atoms with Gasteiger partial charge in [-0.2, -0.15) is 0 Å². The molecule has 6 heteroatoms. The second-order valence-corrected chi connectivity index (χ2v) is 6.91. The van der Waals surface area contributed by atoms with Gasteiger partial charge in [-0.05, 0) is 45.7 Å². The van der Waals surface area contributed by atoms with E-state index in [1.54, 1.807) is 13.3 Å². The molecule has 2 heterocycles. The summed E-state index contributed by atoms with van der Waals surface area (Å²) >= 11 is 0. The molecule has 0 saturated carbocycles. The number of aromatic nitrogens is 2. The van der Waals surface area contributed by atoms with Crippen LogP contribution in [0.5, 0.6) is 5.88 Å². The topological polar surface area (TPSA) is 53.5 Å². The maximum Gasteiger partial charge on any atom is 0.497 e. The number of benzene rings is 1. The van der Waals surface area contributed by atoms with Crippen LogP contribution in [0.1, 0.15) is 40.2 Å². The molecule has 1 aliphatic rings. The zero-order chi connectivity index (χ0) is 16.8. The van der Waals surface area contributed by atoms with E-state index in [0.717, 1.165) is 22.9 Å². The van der Waals surface area contributed by atoms with Crippen LogP contribution in [0, 0.1) is 0 Å². The summed E-state index contributed by atoms with van der Waals surface area (Å²) in [7, 11) is 1.14. The highest BCUT2D eigenvalue weighted by atomic mass is 16.7. The molecule has 122 valence electrons. The predicted octanol–water partition coefficient (Wildman–Crippen LogP) is 2.50. The van der Waals surface area contributed by atoms with Crippen LogP contribution in [0.25, 0.3) is 11.0 Å². The Morgan fingerprint density at radius 1 is 1.13 bits per heavy atom. The van der Waals surface area contributed by atoms with E-state index < -0.39 is 7.12 Å².